The number of halogens is 2. The van der Waals surface area contributed by atoms with E-state index in [-0.39, 0.29) is 5.78 Å². The van der Waals surface area contributed by atoms with E-state index in [0.29, 0.717) is 11.1 Å². The van der Waals surface area contributed by atoms with Gasteiger partial charge in [0.25, 0.3) is 0 Å². The lowest BCUT2D eigenvalue weighted by Crippen LogP contribution is -2.04. The third kappa shape index (κ3) is 3.09. The average Bonchev–Trinajstić information content (AvgIpc) is 2.39. The van der Waals surface area contributed by atoms with Gasteiger partial charge in [-0.2, -0.15) is 0 Å². The summed E-state index contributed by atoms with van der Waals surface area (Å²) in [4.78, 5) is 12.4. The third-order valence-electron chi connectivity index (χ3n) is 2.60. The topological polar surface area (TPSA) is 17.1 Å². The lowest BCUT2D eigenvalue weighted by molar-refractivity contribution is 0.103. The van der Waals surface area contributed by atoms with Gasteiger partial charge in [0.15, 0.2) is 5.78 Å². The largest absolute Gasteiger partial charge is 0.289 e. The summed E-state index contributed by atoms with van der Waals surface area (Å²) >= 11 is 6.83. The first-order valence-electron chi connectivity index (χ1n) is 5.36. The molecule has 4 heteroatoms. The van der Waals surface area contributed by atoms with Crippen LogP contribution in [0.5, 0.6) is 0 Å². The van der Waals surface area contributed by atoms with Crippen molar-refractivity contribution < 1.29 is 4.79 Å². The molecule has 0 N–H and O–H groups in total. The van der Waals surface area contributed by atoms with Crippen LogP contribution in [0.3, 0.4) is 0 Å². The fraction of sp³-hybridized carbons (Fsp3) is 0.0714. The number of carbonyl (C=O) groups excluding carboxylic acids is 1. The summed E-state index contributed by atoms with van der Waals surface area (Å²) in [7, 11) is 2.61. The molecule has 1 unspecified atom stereocenters. The number of hydrogen-bond acceptors (Lipinski definition) is 1. The minimum Gasteiger partial charge on any atom is -0.289 e. The van der Waals surface area contributed by atoms with E-state index >= 15 is 0 Å². The van der Waals surface area contributed by atoms with Gasteiger partial charge in [-0.1, -0.05) is 62.2 Å². The van der Waals surface area contributed by atoms with E-state index in [9.17, 15) is 4.79 Å². The predicted octanol–water partition coefficient (Wildman–Crippen LogP) is 4.08. The fourth-order valence-corrected chi connectivity index (χ4v) is 2.59. The maximum Gasteiger partial charge on any atom is 0.194 e. The molecule has 92 valence electrons. The molecule has 1 nitrogen and oxygen atoms in total. The molecule has 0 saturated carbocycles. The van der Waals surface area contributed by atoms with Crippen molar-refractivity contribution in [1.82, 2.24) is 0 Å². The van der Waals surface area contributed by atoms with Crippen LogP contribution < -0.4 is 5.30 Å². The first-order chi connectivity index (χ1) is 8.61. The van der Waals surface area contributed by atoms with Gasteiger partial charge in [0.05, 0.1) is 0 Å². The van der Waals surface area contributed by atoms with E-state index in [1.165, 1.54) is 0 Å². The van der Waals surface area contributed by atoms with Gasteiger partial charge in [0.1, 0.15) is 0 Å². The van der Waals surface area contributed by atoms with Gasteiger partial charge in [0, 0.05) is 20.9 Å². The van der Waals surface area contributed by atoms with E-state index in [1.54, 1.807) is 0 Å². The Bertz CT molecular complexity index is 579. The highest BCUT2D eigenvalue weighted by Crippen LogP contribution is 2.22. The highest BCUT2D eigenvalue weighted by molar-refractivity contribution is 9.10. The van der Waals surface area contributed by atoms with E-state index in [2.05, 4.69) is 41.1 Å². The Labute approximate surface area is 125 Å². The van der Waals surface area contributed by atoms with Gasteiger partial charge in [-0.25, -0.2) is 0 Å². The Morgan fingerprint density at radius 3 is 2.39 bits per heavy atom. The van der Waals surface area contributed by atoms with Crippen LogP contribution in [0.1, 0.15) is 21.5 Å². The van der Waals surface area contributed by atoms with E-state index < -0.39 is 0 Å². The molecule has 0 amide bonds. The first-order valence-corrected chi connectivity index (χ1v) is 7.85. The van der Waals surface area contributed by atoms with Gasteiger partial charge in [-0.15, -0.1) is 9.24 Å². The van der Waals surface area contributed by atoms with Crippen LogP contribution in [-0.2, 0) is 5.33 Å². The Morgan fingerprint density at radius 2 is 1.78 bits per heavy atom. The smallest absolute Gasteiger partial charge is 0.194 e. The summed E-state index contributed by atoms with van der Waals surface area (Å²) in [5, 5.41) is 1.81. The minimum atomic E-state index is 0.0367. The summed E-state index contributed by atoms with van der Waals surface area (Å²) in [5.41, 5.74) is 2.49. The lowest BCUT2D eigenvalue weighted by Gasteiger charge is -2.06. The molecule has 0 aliphatic heterocycles. The van der Waals surface area contributed by atoms with E-state index in [0.717, 1.165) is 20.7 Å². The molecule has 18 heavy (non-hydrogen) atoms. The van der Waals surface area contributed by atoms with Crippen LogP contribution in [0.4, 0.5) is 0 Å². The number of ketones is 1. The lowest BCUT2D eigenvalue weighted by atomic mass is 10.0. The predicted molar refractivity (Wildman–Crippen MR) is 86.0 cm³/mol. The Kier molecular flexibility index (Phi) is 4.71. The molecule has 0 aliphatic rings. The molecule has 0 saturated heterocycles. The standard InChI is InChI=1S/C14H11Br2OP/c15-8-9-1-6-13(16)12(7-9)14(17)10-2-4-11(18)5-3-10/h1-7H,8,18H2. The Morgan fingerprint density at radius 1 is 1.11 bits per heavy atom. The van der Waals surface area contributed by atoms with Crippen LogP contribution in [0.15, 0.2) is 46.9 Å². The molecular weight excluding hydrogens is 375 g/mol. The van der Waals surface area contributed by atoms with Crippen LogP contribution in [-0.4, -0.2) is 5.78 Å². The molecule has 2 aromatic carbocycles. The number of hydrogen-bond donors (Lipinski definition) is 0. The molecule has 0 aromatic heterocycles. The van der Waals surface area contributed by atoms with Crippen LogP contribution >= 0.6 is 41.1 Å². The second-order valence-corrected chi connectivity index (χ2v) is 5.98. The maximum absolute atomic E-state index is 12.4. The van der Waals surface area contributed by atoms with Crippen molar-refractivity contribution in [3.63, 3.8) is 0 Å². The van der Waals surface area contributed by atoms with Crippen molar-refractivity contribution >= 4 is 52.2 Å². The SMILES string of the molecule is O=C(c1ccc(P)cc1)c1cc(CBr)ccc1Br. The zero-order valence-corrected chi connectivity index (χ0v) is 13.8. The van der Waals surface area contributed by atoms with Gasteiger partial charge >= 0.3 is 0 Å². The normalized spacial score (nSPS) is 10.4. The summed E-state index contributed by atoms with van der Waals surface area (Å²) in [6.45, 7) is 0. The van der Waals surface area contributed by atoms with Crippen molar-refractivity contribution in [3.05, 3.63) is 63.6 Å². The summed E-state index contributed by atoms with van der Waals surface area (Å²) in [6, 6.07) is 13.3. The number of alkyl halides is 1. The Balaban J connectivity index is 2.42. The van der Waals surface area contributed by atoms with Crippen molar-refractivity contribution in [2.45, 2.75) is 5.33 Å². The molecule has 2 aromatic rings. The molecule has 2 rings (SSSR count). The average molecular weight is 386 g/mol. The van der Waals surface area contributed by atoms with Crippen LogP contribution in [0.2, 0.25) is 0 Å². The van der Waals surface area contributed by atoms with Crippen LogP contribution in [0.25, 0.3) is 0 Å². The van der Waals surface area contributed by atoms with Gasteiger partial charge in [-0.3, -0.25) is 4.79 Å². The quantitative estimate of drug-likeness (QED) is 0.442. The van der Waals surface area contributed by atoms with E-state index in [1.807, 2.05) is 42.5 Å². The van der Waals surface area contributed by atoms with Crippen molar-refractivity contribution in [3.8, 4) is 0 Å². The van der Waals surface area contributed by atoms with Gasteiger partial charge < -0.3 is 0 Å². The zero-order chi connectivity index (χ0) is 13.1. The third-order valence-corrected chi connectivity index (χ3v) is 4.33. The van der Waals surface area contributed by atoms with Gasteiger partial charge in [-0.05, 0) is 23.0 Å². The van der Waals surface area contributed by atoms with Crippen LogP contribution in [0, 0.1) is 0 Å². The number of carbonyl (C=O) groups is 1. The van der Waals surface area contributed by atoms with Crippen molar-refractivity contribution in [2.24, 2.45) is 0 Å². The molecule has 0 bridgehead atoms. The second kappa shape index (κ2) is 6.10. The summed E-state index contributed by atoms with van der Waals surface area (Å²) in [6.07, 6.45) is 0. The summed E-state index contributed by atoms with van der Waals surface area (Å²) in [5.74, 6) is 0.0367. The van der Waals surface area contributed by atoms with E-state index in [4.69, 9.17) is 0 Å². The molecular formula is C14H11Br2OP. The molecule has 0 heterocycles. The molecule has 0 spiro atoms. The molecule has 0 fully saturated rings. The maximum atomic E-state index is 12.4. The summed E-state index contributed by atoms with van der Waals surface area (Å²) < 4.78 is 0.826. The molecule has 1 atom stereocenters. The second-order valence-electron chi connectivity index (χ2n) is 3.90. The fourth-order valence-electron chi connectivity index (χ4n) is 1.62. The first kappa shape index (κ1) is 13.9. The van der Waals surface area contributed by atoms with Gasteiger partial charge in [0.2, 0.25) is 0 Å². The zero-order valence-electron chi connectivity index (χ0n) is 9.49. The monoisotopic (exact) mass is 384 g/mol. The molecule has 0 radical (unpaired) electrons. The highest BCUT2D eigenvalue weighted by Gasteiger charge is 2.12. The Hall–Kier alpha value is -0.500. The van der Waals surface area contributed by atoms with Crippen molar-refractivity contribution in [1.29, 1.82) is 0 Å². The number of rotatable bonds is 3. The van der Waals surface area contributed by atoms with Crippen molar-refractivity contribution in [2.75, 3.05) is 0 Å². The minimum absolute atomic E-state index is 0.0367. The molecule has 0 aliphatic carbocycles. The number of benzene rings is 2. The highest BCUT2D eigenvalue weighted by atomic mass is 79.9.